The zero-order valence-corrected chi connectivity index (χ0v) is 20.6. The van der Waals surface area contributed by atoms with E-state index in [0.29, 0.717) is 29.3 Å². The lowest BCUT2D eigenvalue weighted by molar-refractivity contribution is -0.138. The number of alkyl halides is 3. The number of hydrogen-bond acceptors (Lipinski definition) is 3. The largest absolute Gasteiger partial charge is 0.492 e. The molecule has 1 atom stereocenters. The van der Waals surface area contributed by atoms with Crippen LogP contribution in [0.4, 0.5) is 13.2 Å². The summed E-state index contributed by atoms with van der Waals surface area (Å²) >= 11 is 0. The Labute approximate surface area is 203 Å². The number of aromatic amines is 1. The maximum Gasteiger partial charge on any atom is 0.416 e. The lowest BCUT2D eigenvalue weighted by Crippen LogP contribution is -2.30. The maximum atomic E-state index is 13.7. The molecule has 0 spiro atoms. The summed E-state index contributed by atoms with van der Waals surface area (Å²) in [4.78, 5) is 10.2. The van der Waals surface area contributed by atoms with Gasteiger partial charge in [-0.25, -0.2) is 4.98 Å². The Balaban J connectivity index is 1.80. The van der Waals surface area contributed by atoms with Gasteiger partial charge in [-0.2, -0.15) is 13.2 Å². The van der Waals surface area contributed by atoms with Gasteiger partial charge in [-0.05, 0) is 75.3 Å². The molecule has 4 aromatic rings. The van der Waals surface area contributed by atoms with Crippen LogP contribution in [0, 0.1) is 13.8 Å². The van der Waals surface area contributed by atoms with E-state index in [1.54, 1.807) is 6.07 Å². The van der Waals surface area contributed by atoms with Crippen LogP contribution in [0.25, 0.3) is 22.4 Å². The van der Waals surface area contributed by atoms with Crippen molar-refractivity contribution in [1.29, 1.82) is 0 Å². The number of imidazole rings is 1. The fraction of sp³-hybridized carbons (Fsp3) is 0.321. The van der Waals surface area contributed by atoms with E-state index in [-0.39, 0.29) is 18.0 Å². The van der Waals surface area contributed by atoms with Gasteiger partial charge >= 0.3 is 6.18 Å². The summed E-state index contributed by atoms with van der Waals surface area (Å²) in [7, 11) is 3.95. The Morgan fingerprint density at radius 1 is 0.971 bits per heavy atom. The first-order valence-corrected chi connectivity index (χ1v) is 11.6. The number of aryl methyl sites for hydroxylation is 2. The van der Waals surface area contributed by atoms with E-state index in [1.807, 2.05) is 64.0 Å². The quantitative estimate of drug-likeness (QED) is 0.316. The van der Waals surface area contributed by atoms with Gasteiger partial charge in [0.1, 0.15) is 18.2 Å². The Hall–Kier alpha value is -3.32. The molecule has 0 saturated carbocycles. The molecular formula is C28H30F3N3O. The zero-order valence-electron chi connectivity index (χ0n) is 20.6. The number of benzene rings is 3. The summed E-state index contributed by atoms with van der Waals surface area (Å²) in [5, 5.41) is 0. The van der Waals surface area contributed by atoms with Crippen LogP contribution in [0.15, 0.2) is 54.6 Å². The van der Waals surface area contributed by atoms with E-state index < -0.39 is 11.7 Å². The monoisotopic (exact) mass is 481 g/mol. The van der Waals surface area contributed by atoms with Crippen molar-refractivity contribution in [2.24, 2.45) is 0 Å². The van der Waals surface area contributed by atoms with E-state index in [4.69, 9.17) is 9.72 Å². The molecule has 4 rings (SSSR count). The third kappa shape index (κ3) is 5.51. The second-order valence-corrected chi connectivity index (χ2v) is 9.32. The predicted octanol–water partition coefficient (Wildman–Crippen LogP) is 6.79. The highest BCUT2D eigenvalue weighted by atomic mass is 19.4. The number of hydrogen-bond donors (Lipinski definition) is 1. The molecule has 4 nitrogen and oxygen atoms in total. The molecule has 0 bridgehead atoms. The second-order valence-electron chi connectivity index (χ2n) is 9.32. The van der Waals surface area contributed by atoms with Gasteiger partial charge in [0.15, 0.2) is 0 Å². The van der Waals surface area contributed by atoms with Crippen molar-refractivity contribution >= 4 is 11.0 Å². The third-order valence-electron chi connectivity index (χ3n) is 6.50. The fourth-order valence-electron chi connectivity index (χ4n) is 3.93. The number of aromatic nitrogens is 2. The van der Waals surface area contributed by atoms with E-state index in [9.17, 15) is 13.2 Å². The molecule has 3 aromatic carbocycles. The highest BCUT2D eigenvalue weighted by molar-refractivity contribution is 5.84. The van der Waals surface area contributed by atoms with E-state index in [2.05, 4.69) is 11.1 Å². The van der Waals surface area contributed by atoms with Gasteiger partial charge in [-0.15, -0.1) is 0 Å². The highest BCUT2D eigenvalue weighted by Crippen LogP contribution is 2.35. The van der Waals surface area contributed by atoms with Crippen LogP contribution >= 0.6 is 0 Å². The maximum absolute atomic E-state index is 13.7. The lowest BCUT2D eigenvalue weighted by Gasteiger charge is -2.20. The molecule has 0 amide bonds. The summed E-state index contributed by atoms with van der Waals surface area (Å²) in [5.74, 6) is 1.27. The molecular weight excluding hydrogens is 451 g/mol. The summed E-state index contributed by atoms with van der Waals surface area (Å²) < 4.78 is 47.1. The van der Waals surface area contributed by atoms with Gasteiger partial charge in [0.25, 0.3) is 0 Å². The van der Waals surface area contributed by atoms with Crippen LogP contribution < -0.4 is 4.74 Å². The molecule has 35 heavy (non-hydrogen) atoms. The van der Waals surface area contributed by atoms with Crippen LogP contribution in [-0.2, 0) is 12.6 Å². The van der Waals surface area contributed by atoms with Crippen molar-refractivity contribution in [3.05, 3.63) is 82.4 Å². The summed E-state index contributed by atoms with van der Waals surface area (Å²) in [6.45, 7) is 6.59. The Morgan fingerprint density at radius 3 is 2.40 bits per heavy atom. The fourth-order valence-corrected chi connectivity index (χ4v) is 3.93. The third-order valence-corrected chi connectivity index (χ3v) is 6.50. The molecule has 0 aliphatic heterocycles. The van der Waals surface area contributed by atoms with Crippen molar-refractivity contribution in [1.82, 2.24) is 14.9 Å². The SMILES string of the molecule is Cc1ccc(-c2nc3c(Cc4ccccc4C(F)(F)F)cc(OCC(C)N(C)C)cc3[nH]2)cc1C. The number of fused-ring (bicyclic) bond motifs is 1. The van der Waals surface area contributed by atoms with Crippen LogP contribution in [0.1, 0.15) is 34.7 Å². The Kier molecular flexibility index (Phi) is 6.90. The number of halogens is 3. The summed E-state index contributed by atoms with van der Waals surface area (Å²) in [6.07, 6.45) is -4.34. The first-order valence-electron chi connectivity index (χ1n) is 11.6. The van der Waals surface area contributed by atoms with Crippen LogP contribution in [-0.4, -0.2) is 41.6 Å². The number of likely N-dealkylation sites (N-methyl/N-ethyl adjacent to an activating group) is 1. The number of nitrogens with zero attached hydrogens (tertiary/aromatic N) is 2. The smallest absolute Gasteiger partial charge is 0.416 e. The van der Waals surface area contributed by atoms with Crippen LogP contribution in [0.3, 0.4) is 0 Å². The van der Waals surface area contributed by atoms with Gasteiger partial charge in [-0.3, -0.25) is 0 Å². The zero-order chi connectivity index (χ0) is 25.3. The predicted molar refractivity (Wildman–Crippen MR) is 134 cm³/mol. The van der Waals surface area contributed by atoms with Crippen molar-refractivity contribution in [2.75, 3.05) is 20.7 Å². The minimum Gasteiger partial charge on any atom is -0.492 e. The molecule has 0 aliphatic rings. The molecule has 1 unspecified atom stereocenters. The Morgan fingerprint density at radius 2 is 1.71 bits per heavy atom. The normalized spacial score (nSPS) is 12.9. The van der Waals surface area contributed by atoms with Crippen molar-refractivity contribution < 1.29 is 17.9 Å². The highest BCUT2D eigenvalue weighted by Gasteiger charge is 2.33. The molecule has 0 radical (unpaired) electrons. The average molecular weight is 482 g/mol. The van der Waals surface area contributed by atoms with E-state index in [0.717, 1.165) is 22.7 Å². The lowest BCUT2D eigenvalue weighted by atomic mass is 9.98. The summed E-state index contributed by atoms with van der Waals surface area (Å²) in [5.41, 5.74) is 4.87. The number of H-pyrrole nitrogens is 1. The Bertz CT molecular complexity index is 1340. The molecule has 0 fully saturated rings. The molecule has 1 heterocycles. The molecule has 7 heteroatoms. The first kappa shape index (κ1) is 24.8. The van der Waals surface area contributed by atoms with Crippen molar-refractivity contribution in [2.45, 2.75) is 39.4 Å². The molecule has 0 saturated heterocycles. The first-order chi connectivity index (χ1) is 16.5. The summed E-state index contributed by atoms with van der Waals surface area (Å²) in [6, 6.07) is 15.6. The standard InChI is InChI=1S/C28H30F3N3O/c1-17-10-11-21(12-18(17)2)27-32-25-15-23(35-16-19(3)34(4)5)14-22(26(25)33-27)13-20-8-6-7-9-24(20)28(29,30)31/h6-12,14-15,19H,13,16H2,1-5H3,(H,32,33). The van der Waals surface area contributed by atoms with Crippen LogP contribution in [0.2, 0.25) is 0 Å². The van der Waals surface area contributed by atoms with E-state index >= 15 is 0 Å². The number of ether oxygens (including phenoxy) is 1. The molecule has 1 aromatic heterocycles. The molecule has 1 N–H and O–H groups in total. The van der Waals surface area contributed by atoms with E-state index in [1.165, 1.54) is 17.7 Å². The second kappa shape index (κ2) is 9.74. The van der Waals surface area contributed by atoms with Gasteiger partial charge in [0.05, 0.1) is 16.6 Å². The van der Waals surface area contributed by atoms with Gasteiger partial charge < -0.3 is 14.6 Å². The molecule has 184 valence electrons. The van der Waals surface area contributed by atoms with Crippen molar-refractivity contribution in [3.8, 4) is 17.1 Å². The minimum atomic E-state index is -4.43. The van der Waals surface area contributed by atoms with Gasteiger partial charge in [-0.1, -0.05) is 30.3 Å². The minimum absolute atomic E-state index is 0.0871. The van der Waals surface area contributed by atoms with Crippen molar-refractivity contribution in [3.63, 3.8) is 0 Å². The van der Waals surface area contributed by atoms with Crippen LogP contribution in [0.5, 0.6) is 5.75 Å². The number of nitrogens with one attached hydrogen (secondary N) is 1. The van der Waals surface area contributed by atoms with Gasteiger partial charge in [0.2, 0.25) is 0 Å². The topological polar surface area (TPSA) is 41.1 Å². The van der Waals surface area contributed by atoms with Gasteiger partial charge in [0, 0.05) is 24.1 Å². The molecule has 0 aliphatic carbocycles. The number of rotatable bonds is 7. The average Bonchev–Trinajstić information content (AvgIpc) is 3.23.